The summed E-state index contributed by atoms with van der Waals surface area (Å²) in [6.45, 7) is 0. The van der Waals surface area contributed by atoms with Crippen LogP contribution >= 0.6 is 31.9 Å². The maximum Gasteiger partial charge on any atom is 0.356 e. The van der Waals surface area contributed by atoms with Gasteiger partial charge >= 0.3 is 11.9 Å². The van der Waals surface area contributed by atoms with E-state index in [1.807, 2.05) is 57.9 Å². The summed E-state index contributed by atoms with van der Waals surface area (Å²) < 4.78 is 22.0. The maximum atomic E-state index is 12.8. The number of hydrogen-bond donors (Lipinski definition) is 1. The van der Waals surface area contributed by atoms with Crippen LogP contribution in [-0.4, -0.2) is 61.8 Å². The third-order valence-corrected chi connectivity index (χ3v) is 12.7. The van der Waals surface area contributed by atoms with Crippen molar-refractivity contribution in [3.05, 3.63) is 91.4 Å². The van der Waals surface area contributed by atoms with Crippen molar-refractivity contribution in [3.63, 3.8) is 0 Å². The van der Waals surface area contributed by atoms with Gasteiger partial charge in [0.25, 0.3) is 5.56 Å². The third kappa shape index (κ3) is 8.22. The van der Waals surface area contributed by atoms with Gasteiger partial charge in [0.1, 0.15) is 6.10 Å². The Morgan fingerprint density at radius 3 is 1.66 bits per heavy atom. The molecule has 0 aliphatic heterocycles. The first-order valence-electron chi connectivity index (χ1n) is 20.2. The first-order chi connectivity index (χ1) is 28.2. The Morgan fingerprint density at radius 2 is 1.16 bits per heavy atom. The van der Waals surface area contributed by atoms with Crippen molar-refractivity contribution in [2.24, 2.45) is 0 Å². The minimum absolute atomic E-state index is 0.183. The molecule has 0 saturated heterocycles. The van der Waals surface area contributed by atoms with Crippen LogP contribution in [0, 0.1) is 0 Å². The lowest BCUT2D eigenvalue weighted by atomic mass is 9.95. The lowest BCUT2D eigenvalue weighted by Crippen LogP contribution is -2.25. The summed E-state index contributed by atoms with van der Waals surface area (Å²) in [6.07, 6.45) is 14.7. The SMILES string of the molecule is COC(=O)c1cc(-c2ccc(Br)cc2)c2c(=O)[nH]n(C3CCCCC3)c2n1.COC(=O)c1cc(-c2ccc(Br)cc2)c2c(OC3CCC3)nn(C3CCCCC3)c2n1. The predicted molar refractivity (Wildman–Crippen MR) is 229 cm³/mol. The van der Waals surface area contributed by atoms with Gasteiger partial charge in [0.2, 0.25) is 5.88 Å². The summed E-state index contributed by atoms with van der Waals surface area (Å²) >= 11 is 6.94. The highest BCUT2D eigenvalue weighted by Gasteiger charge is 2.30. The minimum atomic E-state index is -0.515. The molecule has 14 heteroatoms. The monoisotopic (exact) mass is 912 g/mol. The van der Waals surface area contributed by atoms with Crippen molar-refractivity contribution in [2.75, 3.05) is 14.2 Å². The molecule has 3 aliphatic rings. The van der Waals surface area contributed by atoms with Crippen LogP contribution in [0.25, 0.3) is 44.3 Å². The number of carbonyl (C=O) groups excluding carboxylic acids is 2. The molecule has 12 nitrogen and oxygen atoms in total. The molecule has 302 valence electrons. The van der Waals surface area contributed by atoms with E-state index in [1.54, 1.807) is 12.1 Å². The Kier molecular flexibility index (Phi) is 12.1. The number of ether oxygens (including phenoxy) is 3. The molecule has 58 heavy (non-hydrogen) atoms. The average Bonchev–Trinajstić information content (AvgIpc) is 3.79. The fourth-order valence-electron chi connectivity index (χ4n) is 8.30. The van der Waals surface area contributed by atoms with Crippen LogP contribution in [0.15, 0.2) is 74.4 Å². The number of halogens is 2. The van der Waals surface area contributed by atoms with Crippen LogP contribution in [0.5, 0.6) is 5.88 Å². The Hall–Kier alpha value is -4.82. The number of rotatable bonds is 8. The van der Waals surface area contributed by atoms with E-state index in [-0.39, 0.29) is 29.4 Å². The summed E-state index contributed by atoms with van der Waals surface area (Å²) in [5.74, 6) is -0.329. The highest BCUT2D eigenvalue weighted by Crippen LogP contribution is 2.41. The number of nitrogens with zero attached hydrogens (tertiary/aromatic N) is 5. The molecule has 0 atom stereocenters. The van der Waals surface area contributed by atoms with Crippen LogP contribution in [0.1, 0.15) is 117 Å². The van der Waals surface area contributed by atoms with Crippen LogP contribution in [0.3, 0.4) is 0 Å². The van der Waals surface area contributed by atoms with Gasteiger partial charge in [-0.1, -0.05) is 94.7 Å². The van der Waals surface area contributed by atoms with E-state index >= 15 is 0 Å². The molecule has 0 amide bonds. The minimum Gasteiger partial charge on any atom is -0.473 e. The quantitative estimate of drug-likeness (QED) is 0.148. The number of hydrogen-bond acceptors (Lipinski definition) is 9. The number of H-pyrrole nitrogens is 1. The topological polar surface area (TPSA) is 143 Å². The molecule has 6 aromatic rings. The number of aromatic amines is 1. The van der Waals surface area contributed by atoms with Crippen molar-refractivity contribution >= 4 is 65.9 Å². The second-order valence-corrected chi connectivity index (χ2v) is 17.2. The van der Waals surface area contributed by atoms with Crippen LogP contribution < -0.4 is 10.3 Å². The summed E-state index contributed by atoms with van der Waals surface area (Å²) in [4.78, 5) is 46.7. The first-order valence-corrected chi connectivity index (χ1v) is 21.7. The van der Waals surface area contributed by atoms with E-state index in [0.29, 0.717) is 33.8 Å². The summed E-state index contributed by atoms with van der Waals surface area (Å²) in [7, 11) is 2.72. The number of pyridine rings is 2. The van der Waals surface area contributed by atoms with E-state index in [9.17, 15) is 14.4 Å². The van der Waals surface area contributed by atoms with Gasteiger partial charge in [-0.3, -0.25) is 14.6 Å². The van der Waals surface area contributed by atoms with Gasteiger partial charge in [0.15, 0.2) is 22.7 Å². The second kappa shape index (κ2) is 17.6. The zero-order valence-corrected chi connectivity index (χ0v) is 35.8. The molecule has 4 heterocycles. The number of methoxy groups -OCH3 is 2. The molecule has 1 N–H and O–H groups in total. The van der Waals surface area contributed by atoms with E-state index in [4.69, 9.17) is 24.3 Å². The van der Waals surface area contributed by atoms with E-state index < -0.39 is 11.9 Å². The van der Waals surface area contributed by atoms with Gasteiger partial charge in [0, 0.05) is 20.1 Å². The fourth-order valence-corrected chi connectivity index (χ4v) is 8.83. The fraction of sp³-hybridized carbons (Fsp3) is 0.409. The predicted octanol–water partition coefficient (Wildman–Crippen LogP) is 10.5. The lowest BCUT2D eigenvalue weighted by Gasteiger charge is -2.25. The summed E-state index contributed by atoms with van der Waals surface area (Å²) in [5.41, 5.74) is 4.96. The molecule has 3 aliphatic carbocycles. The highest BCUT2D eigenvalue weighted by atomic mass is 79.9. The van der Waals surface area contributed by atoms with Gasteiger partial charge in [-0.2, -0.15) is 0 Å². The lowest BCUT2D eigenvalue weighted by molar-refractivity contribution is 0.0585. The number of nitrogens with one attached hydrogen (secondary N) is 1. The molecule has 0 bridgehead atoms. The normalized spacial score (nSPS) is 16.4. The number of fused-ring (bicyclic) bond motifs is 2. The zero-order valence-electron chi connectivity index (χ0n) is 32.6. The third-order valence-electron chi connectivity index (χ3n) is 11.6. The van der Waals surface area contributed by atoms with E-state index in [2.05, 4.69) is 41.9 Å². The molecule has 4 aromatic heterocycles. The van der Waals surface area contributed by atoms with Crippen molar-refractivity contribution < 1.29 is 23.8 Å². The van der Waals surface area contributed by atoms with Crippen LogP contribution in [0.4, 0.5) is 0 Å². The molecule has 0 spiro atoms. The largest absolute Gasteiger partial charge is 0.473 e. The Bertz CT molecular complexity index is 2500. The van der Waals surface area contributed by atoms with E-state index in [1.165, 1.54) is 46.3 Å². The molecule has 0 radical (unpaired) electrons. The second-order valence-electron chi connectivity index (χ2n) is 15.3. The molecule has 3 saturated carbocycles. The maximum absolute atomic E-state index is 12.8. The Morgan fingerprint density at radius 1 is 0.655 bits per heavy atom. The standard InChI is InChI=1S/C24H26BrN3O3.C20H20BrN3O3/c1-30-24(29)20-14-19(15-10-12-16(25)13-11-15)21-22(26-20)28(17-6-3-2-4-7-17)27-23(21)31-18-8-5-9-18;1-27-20(26)16-11-15(12-7-9-13(21)10-8-12)17-18(22-16)24(23-19(17)25)14-5-3-2-4-6-14/h10-14,17-18H,2-9H2,1H3;7-11,14H,2-6H2,1H3,(H,23,25). The molecule has 9 rings (SSSR count). The van der Waals surface area contributed by atoms with Gasteiger partial charge in [-0.05, 0) is 92.5 Å². The van der Waals surface area contributed by atoms with Gasteiger partial charge in [0.05, 0.1) is 37.1 Å². The molecule has 2 aromatic carbocycles. The zero-order chi connectivity index (χ0) is 40.3. The number of esters is 2. The van der Waals surface area contributed by atoms with Crippen molar-refractivity contribution in [3.8, 4) is 28.1 Å². The van der Waals surface area contributed by atoms with Gasteiger partial charge < -0.3 is 14.2 Å². The first kappa shape index (κ1) is 40.0. The Labute approximate surface area is 352 Å². The number of aromatic nitrogens is 6. The average molecular weight is 915 g/mol. The van der Waals surface area contributed by atoms with Gasteiger partial charge in [-0.25, -0.2) is 24.2 Å². The van der Waals surface area contributed by atoms with Crippen LogP contribution in [0.2, 0.25) is 0 Å². The number of carbonyl (C=O) groups is 2. The van der Waals surface area contributed by atoms with Crippen LogP contribution in [-0.2, 0) is 9.47 Å². The van der Waals surface area contributed by atoms with Crippen molar-refractivity contribution in [1.82, 2.24) is 29.5 Å². The summed E-state index contributed by atoms with van der Waals surface area (Å²) in [6, 6.07) is 19.6. The molecule has 3 fully saturated rings. The summed E-state index contributed by atoms with van der Waals surface area (Å²) in [5, 5.41) is 9.29. The highest BCUT2D eigenvalue weighted by molar-refractivity contribution is 9.10. The Balaban J connectivity index is 0.000000164. The van der Waals surface area contributed by atoms with E-state index in [0.717, 1.165) is 82.4 Å². The smallest absolute Gasteiger partial charge is 0.356 e. The molecule has 0 unspecified atom stereocenters. The molecular weight excluding hydrogens is 868 g/mol. The molecular formula is C44H46Br2N6O6. The van der Waals surface area contributed by atoms with Crippen molar-refractivity contribution in [1.29, 1.82) is 0 Å². The van der Waals surface area contributed by atoms with Crippen molar-refractivity contribution in [2.45, 2.75) is 102 Å². The number of benzene rings is 2. The van der Waals surface area contributed by atoms with Gasteiger partial charge in [-0.15, -0.1) is 5.10 Å².